The van der Waals surface area contributed by atoms with E-state index in [4.69, 9.17) is 4.42 Å². The van der Waals surface area contributed by atoms with Crippen LogP contribution in [0.3, 0.4) is 0 Å². The minimum absolute atomic E-state index is 0.313. The molecule has 2 aromatic rings. The molecule has 1 nitrogen and oxygen atoms in total. The van der Waals surface area contributed by atoms with Crippen molar-refractivity contribution < 1.29 is 8.81 Å². The van der Waals surface area contributed by atoms with Crippen LogP contribution >= 0.6 is 0 Å². The Bertz CT molecular complexity index is 403. The number of hydrogen-bond acceptors (Lipinski definition) is 1. The van der Waals surface area contributed by atoms with Gasteiger partial charge in [0.2, 0.25) is 0 Å². The third kappa shape index (κ3) is 0.916. The molecule has 0 atom stereocenters. The van der Waals surface area contributed by atoms with Gasteiger partial charge < -0.3 is 4.42 Å². The van der Waals surface area contributed by atoms with Crippen LogP contribution in [0, 0.1) is 12.7 Å². The summed E-state index contributed by atoms with van der Waals surface area (Å²) >= 11 is 0. The monoisotopic (exact) mass is 163 g/mol. The largest absolute Gasteiger partial charge is 0.461 e. The molecule has 0 aliphatic heterocycles. The van der Waals surface area contributed by atoms with Gasteiger partial charge in [0.1, 0.15) is 0 Å². The van der Waals surface area contributed by atoms with Gasteiger partial charge in [0.05, 0.1) is 6.26 Å². The van der Waals surface area contributed by atoms with Crippen LogP contribution in [-0.4, -0.2) is 0 Å². The van der Waals surface area contributed by atoms with Crippen molar-refractivity contribution in [2.75, 3.05) is 0 Å². The summed E-state index contributed by atoms with van der Waals surface area (Å²) in [5.41, 5.74) is 1.28. The van der Waals surface area contributed by atoms with Gasteiger partial charge in [0.15, 0.2) is 11.4 Å². The van der Waals surface area contributed by atoms with Crippen molar-refractivity contribution >= 4 is 11.0 Å². The van der Waals surface area contributed by atoms with Crippen LogP contribution in [0.25, 0.3) is 11.0 Å². The van der Waals surface area contributed by atoms with Crippen molar-refractivity contribution in [3.8, 4) is 0 Å². The second-order valence-electron chi connectivity index (χ2n) is 2.63. The normalized spacial score (nSPS) is 10.8. The van der Waals surface area contributed by atoms with E-state index in [2.05, 4.69) is 6.92 Å². The lowest BCUT2D eigenvalue weighted by Gasteiger charge is -1.91. The Morgan fingerprint density at radius 2 is 2.25 bits per heavy atom. The number of fused-ring (bicyclic) bond motifs is 1. The molecule has 1 aromatic carbocycles. The third-order valence-corrected chi connectivity index (χ3v) is 1.90. The molecule has 0 aliphatic rings. The highest BCUT2D eigenvalue weighted by molar-refractivity contribution is 5.81. The number of hydrogen-bond donors (Lipinski definition) is 0. The predicted molar refractivity (Wildman–Crippen MR) is 45.2 cm³/mol. The second kappa shape index (κ2) is 2.63. The zero-order chi connectivity index (χ0) is 8.55. The Morgan fingerprint density at radius 3 is 3.00 bits per heavy atom. The van der Waals surface area contributed by atoms with Gasteiger partial charge in [-0.15, -0.1) is 0 Å². The molecule has 0 unspecified atom stereocenters. The van der Waals surface area contributed by atoms with E-state index in [-0.39, 0.29) is 5.82 Å². The molecule has 0 saturated heterocycles. The number of rotatable bonds is 1. The van der Waals surface area contributed by atoms with E-state index in [0.29, 0.717) is 12.0 Å². The van der Waals surface area contributed by atoms with Crippen LogP contribution in [0.4, 0.5) is 4.39 Å². The Balaban J connectivity index is 2.80. The van der Waals surface area contributed by atoms with Gasteiger partial charge in [0.25, 0.3) is 0 Å². The summed E-state index contributed by atoms with van der Waals surface area (Å²) in [7, 11) is 0. The Labute approximate surface area is 69.8 Å². The van der Waals surface area contributed by atoms with Crippen LogP contribution in [-0.2, 0) is 6.42 Å². The Hall–Kier alpha value is -1.31. The molecule has 1 radical (unpaired) electrons. The summed E-state index contributed by atoms with van der Waals surface area (Å²) in [6.07, 6.45) is 2.18. The fourth-order valence-corrected chi connectivity index (χ4v) is 1.27. The topological polar surface area (TPSA) is 13.1 Å². The second-order valence-corrected chi connectivity index (χ2v) is 2.63. The average Bonchev–Trinajstić information content (AvgIpc) is 2.49. The van der Waals surface area contributed by atoms with Crippen LogP contribution < -0.4 is 0 Å². The molecule has 0 bridgehead atoms. The molecule has 1 aromatic heterocycles. The molecule has 0 N–H and O–H groups in total. The van der Waals surface area contributed by atoms with Gasteiger partial charge in [0, 0.05) is 5.39 Å². The number of para-hydroxylation sites is 1. The summed E-state index contributed by atoms with van der Waals surface area (Å²) in [6.45, 7) is 3.73. The Morgan fingerprint density at radius 1 is 1.42 bits per heavy atom. The van der Waals surface area contributed by atoms with Crippen molar-refractivity contribution in [1.82, 2.24) is 0 Å². The molecule has 0 fully saturated rings. The quantitative estimate of drug-likeness (QED) is 0.630. The number of furan rings is 1. The molecule has 0 amide bonds. The first-order valence-electron chi connectivity index (χ1n) is 3.77. The van der Waals surface area contributed by atoms with Gasteiger partial charge in [-0.25, -0.2) is 4.39 Å². The van der Waals surface area contributed by atoms with E-state index in [1.807, 2.05) is 6.07 Å². The zero-order valence-corrected chi connectivity index (χ0v) is 6.51. The van der Waals surface area contributed by atoms with Crippen LogP contribution in [0.2, 0.25) is 0 Å². The smallest absolute Gasteiger partial charge is 0.169 e. The molecule has 2 heteroatoms. The van der Waals surface area contributed by atoms with Gasteiger partial charge >= 0.3 is 0 Å². The zero-order valence-electron chi connectivity index (χ0n) is 6.51. The lowest BCUT2D eigenvalue weighted by Crippen LogP contribution is -1.77. The minimum Gasteiger partial charge on any atom is -0.461 e. The lowest BCUT2D eigenvalue weighted by atomic mass is 10.1. The molecule has 0 spiro atoms. The van der Waals surface area contributed by atoms with E-state index < -0.39 is 0 Å². The predicted octanol–water partition coefficient (Wildman–Crippen LogP) is 2.95. The molecule has 0 saturated carbocycles. The molecule has 0 aliphatic carbocycles. The van der Waals surface area contributed by atoms with Gasteiger partial charge in [-0.1, -0.05) is 12.1 Å². The Kier molecular flexibility index (Phi) is 1.61. The van der Waals surface area contributed by atoms with E-state index in [1.54, 1.807) is 12.3 Å². The summed E-state index contributed by atoms with van der Waals surface area (Å²) in [4.78, 5) is 0. The first-order chi connectivity index (χ1) is 5.83. The summed E-state index contributed by atoms with van der Waals surface area (Å²) in [6, 6.07) is 4.90. The summed E-state index contributed by atoms with van der Waals surface area (Å²) in [5.74, 6) is -0.313. The van der Waals surface area contributed by atoms with Crippen LogP contribution in [0.15, 0.2) is 28.9 Å². The number of benzene rings is 1. The maximum absolute atomic E-state index is 13.0. The first kappa shape index (κ1) is 7.35. The molecular formula is C10H8FO. The maximum atomic E-state index is 13.0. The standard InChI is InChI=1S/C10H8FO/c1-2-7-6-12-10-8(7)4-3-5-9(10)11/h3-6H,1-2H2. The fourth-order valence-electron chi connectivity index (χ4n) is 1.27. The van der Waals surface area contributed by atoms with Gasteiger partial charge in [-0.2, -0.15) is 0 Å². The third-order valence-electron chi connectivity index (χ3n) is 1.90. The van der Waals surface area contributed by atoms with E-state index in [0.717, 1.165) is 10.9 Å². The summed E-state index contributed by atoms with van der Waals surface area (Å²) < 4.78 is 18.1. The van der Waals surface area contributed by atoms with Crippen molar-refractivity contribution in [3.05, 3.63) is 42.8 Å². The highest BCUT2D eigenvalue weighted by atomic mass is 19.1. The van der Waals surface area contributed by atoms with Gasteiger partial charge in [-0.3, -0.25) is 0 Å². The van der Waals surface area contributed by atoms with Crippen LogP contribution in [0.1, 0.15) is 5.56 Å². The highest BCUT2D eigenvalue weighted by Crippen LogP contribution is 2.23. The molecule has 1 heterocycles. The number of halogens is 1. The molecular weight excluding hydrogens is 155 g/mol. The average molecular weight is 163 g/mol. The van der Waals surface area contributed by atoms with Crippen LogP contribution in [0.5, 0.6) is 0 Å². The van der Waals surface area contributed by atoms with E-state index in [9.17, 15) is 4.39 Å². The SMILES string of the molecule is [CH2]Cc1coc2c(F)cccc12. The van der Waals surface area contributed by atoms with Crippen molar-refractivity contribution in [2.24, 2.45) is 0 Å². The van der Waals surface area contributed by atoms with Crippen molar-refractivity contribution in [2.45, 2.75) is 6.42 Å². The maximum Gasteiger partial charge on any atom is 0.169 e. The molecule has 2 rings (SSSR count). The molecule has 61 valence electrons. The first-order valence-corrected chi connectivity index (χ1v) is 3.77. The lowest BCUT2D eigenvalue weighted by molar-refractivity contribution is 0.559. The molecule has 12 heavy (non-hydrogen) atoms. The summed E-state index contributed by atoms with van der Waals surface area (Å²) in [5, 5.41) is 0.824. The van der Waals surface area contributed by atoms with Gasteiger partial charge in [-0.05, 0) is 25.0 Å². The van der Waals surface area contributed by atoms with E-state index in [1.165, 1.54) is 6.07 Å². The van der Waals surface area contributed by atoms with Crippen molar-refractivity contribution in [1.29, 1.82) is 0 Å². The fraction of sp³-hybridized carbons (Fsp3) is 0.100. The van der Waals surface area contributed by atoms with E-state index >= 15 is 0 Å². The van der Waals surface area contributed by atoms with Crippen molar-refractivity contribution in [3.63, 3.8) is 0 Å². The minimum atomic E-state index is -0.313. The highest BCUT2D eigenvalue weighted by Gasteiger charge is 2.06.